The second-order valence-electron chi connectivity index (χ2n) is 6.65. The lowest BCUT2D eigenvalue weighted by Crippen LogP contribution is -2.41. The number of hydrogen-bond donors (Lipinski definition) is 1. The van der Waals surface area contributed by atoms with Gasteiger partial charge >= 0.3 is 7.12 Å². The van der Waals surface area contributed by atoms with E-state index < -0.39 is 18.3 Å². The van der Waals surface area contributed by atoms with Crippen LogP contribution in [-0.4, -0.2) is 35.8 Å². The summed E-state index contributed by atoms with van der Waals surface area (Å²) >= 11 is 5.98. The first-order chi connectivity index (χ1) is 10.6. The zero-order valence-electron chi connectivity index (χ0n) is 14.1. The Kier molecular flexibility index (Phi) is 5.18. The molecule has 1 aromatic rings. The van der Waals surface area contributed by atoms with Crippen molar-refractivity contribution in [2.75, 3.05) is 6.54 Å². The highest BCUT2D eigenvalue weighted by Crippen LogP contribution is 2.38. The molecule has 23 heavy (non-hydrogen) atoms. The van der Waals surface area contributed by atoms with Gasteiger partial charge in [0.05, 0.1) is 16.2 Å². The lowest BCUT2D eigenvalue weighted by Gasteiger charge is -2.32. The van der Waals surface area contributed by atoms with Crippen LogP contribution in [0.4, 0.5) is 0 Å². The lowest BCUT2D eigenvalue weighted by atomic mass is 9.77. The molecule has 1 fully saturated rings. The standard InChI is InChI=1S/C16H22BClN2O3/c1-11(21)20-9-13(6-12-7-14(18)10-19-8-12)17-22-15(2,3)16(4,5)23-17/h6-8,10H,9H2,1-5H3,(H,20,21). The van der Waals surface area contributed by atoms with Crippen molar-refractivity contribution in [3.05, 3.63) is 34.5 Å². The van der Waals surface area contributed by atoms with E-state index in [1.807, 2.05) is 33.8 Å². The molecule has 0 aromatic carbocycles. The number of carbonyl (C=O) groups excluding carboxylic acids is 1. The third-order valence-electron chi connectivity index (χ3n) is 4.18. The second kappa shape index (κ2) is 6.63. The fraction of sp³-hybridized carbons (Fsp3) is 0.500. The van der Waals surface area contributed by atoms with Gasteiger partial charge in [-0.3, -0.25) is 9.78 Å². The van der Waals surface area contributed by atoms with Gasteiger partial charge in [-0.1, -0.05) is 17.7 Å². The minimum atomic E-state index is -0.536. The second-order valence-corrected chi connectivity index (χ2v) is 7.09. The van der Waals surface area contributed by atoms with Crippen LogP contribution < -0.4 is 5.32 Å². The number of aromatic nitrogens is 1. The maximum atomic E-state index is 11.3. The highest BCUT2D eigenvalue weighted by atomic mass is 35.5. The molecule has 0 saturated carbocycles. The van der Waals surface area contributed by atoms with Crippen LogP contribution in [0.5, 0.6) is 0 Å². The first-order valence-corrected chi connectivity index (χ1v) is 7.89. The van der Waals surface area contributed by atoms with Crippen LogP contribution in [-0.2, 0) is 14.1 Å². The zero-order valence-corrected chi connectivity index (χ0v) is 14.9. The monoisotopic (exact) mass is 336 g/mol. The predicted octanol–water partition coefficient (Wildman–Crippen LogP) is 2.89. The number of halogens is 1. The Balaban J connectivity index is 2.30. The third kappa shape index (κ3) is 4.34. The highest BCUT2D eigenvalue weighted by molar-refractivity contribution is 6.56. The van der Waals surface area contributed by atoms with Crippen LogP contribution in [0.15, 0.2) is 23.9 Å². The van der Waals surface area contributed by atoms with Crippen LogP contribution in [0.1, 0.15) is 40.2 Å². The highest BCUT2D eigenvalue weighted by Gasteiger charge is 2.52. The predicted molar refractivity (Wildman–Crippen MR) is 92.0 cm³/mol. The molecular weight excluding hydrogens is 314 g/mol. The largest absolute Gasteiger partial charge is 0.492 e. The molecule has 0 bridgehead atoms. The summed E-state index contributed by atoms with van der Waals surface area (Å²) in [7, 11) is -0.536. The molecule has 2 rings (SSSR count). The molecule has 1 aliphatic heterocycles. The van der Waals surface area contributed by atoms with Gasteiger partial charge in [0.2, 0.25) is 5.91 Å². The molecule has 2 heterocycles. The van der Waals surface area contributed by atoms with E-state index in [1.54, 1.807) is 18.5 Å². The summed E-state index contributed by atoms with van der Waals surface area (Å²) in [5.41, 5.74) is 0.745. The molecule has 5 nitrogen and oxygen atoms in total. The quantitative estimate of drug-likeness (QED) is 0.859. The van der Waals surface area contributed by atoms with Gasteiger partial charge in [-0.2, -0.15) is 0 Å². The van der Waals surface area contributed by atoms with E-state index in [0.29, 0.717) is 11.6 Å². The Hall–Kier alpha value is -1.37. The van der Waals surface area contributed by atoms with E-state index in [4.69, 9.17) is 20.9 Å². The summed E-state index contributed by atoms with van der Waals surface area (Å²) < 4.78 is 12.1. The molecule has 0 aliphatic carbocycles. The van der Waals surface area contributed by atoms with Crippen molar-refractivity contribution >= 4 is 30.7 Å². The minimum absolute atomic E-state index is 0.114. The maximum absolute atomic E-state index is 11.3. The van der Waals surface area contributed by atoms with Crippen molar-refractivity contribution in [1.82, 2.24) is 10.3 Å². The fourth-order valence-corrected chi connectivity index (χ4v) is 2.33. The number of amides is 1. The summed E-state index contributed by atoms with van der Waals surface area (Å²) in [5, 5.41) is 3.34. The Morgan fingerprint density at radius 1 is 1.30 bits per heavy atom. The number of nitrogens with one attached hydrogen (secondary N) is 1. The maximum Gasteiger partial charge on any atom is 0.492 e. The van der Waals surface area contributed by atoms with E-state index >= 15 is 0 Å². The Bertz CT molecular complexity index is 616. The first-order valence-electron chi connectivity index (χ1n) is 7.52. The molecule has 0 unspecified atom stereocenters. The normalized spacial score (nSPS) is 19.7. The Labute approximate surface area is 142 Å². The molecule has 1 aliphatic rings. The van der Waals surface area contributed by atoms with Crippen LogP contribution in [0.25, 0.3) is 6.08 Å². The van der Waals surface area contributed by atoms with Gasteiger partial charge in [-0.15, -0.1) is 0 Å². The number of carbonyl (C=O) groups is 1. The summed E-state index contributed by atoms with van der Waals surface area (Å²) in [6, 6.07) is 1.80. The van der Waals surface area contributed by atoms with Crippen molar-refractivity contribution in [3.63, 3.8) is 0 Å². The van der Waals surface area contributed by atoms with Crippen LogP contribution in [0, 0.1) is 0 Å². The summed E-state index contributed by atoms with van der Waals surface area (Å²) in [6.45, 7) is 9.77. The van der Waals surface area contributed by atoms with Crippen LogP contribution in [0.2, 0.25) is 5.02 Å². The summed E-state index contributed by atoms with van der Waals surface area (Å²) in [5.74, 6) is -0.114. The van der Waals surface area contributed by atoms with E-state index in [0.717, 1.165) is 11.0 Å². The van der Waals surface area contributed by atoms with Gasteiger partial charge < -0.3 is 14.6 Å². The SMILES string of the molecule is CC(=O)NCC(=Cc1cncc(Cl)c1)B1OC(C)(C)C(C)(C)O1. The van der Waals surface area contributed by atoms with Gasteiger partial charge in [0.1, 0.15) is 0 Å². The third-order valence-corrected chi connectivity index (χ3v) is 4.38. The van der Waals surface area contributed by atoms with Crippen molar-refractivity contribution in [3.8, 4) is 0 Å². The molecule has 0 spiro atoms. The zero-order chi connectivity index (χ0) is 17.3. The van der Waals surface area contributed by atoms with E-state index in [-0.39, 0.29) is 5.91 Å². The number of pyridine rings is 1. The van der Waals surface area contributed by atoms with Crippen molar-refractivity contribution in [2.24, 2.45) is 0 Å². The average molecular weight is 337 g/mol. The molecule has 1 saturated heterocycles. The smallest absolute Gasteiger partial charge is 0.400 e. The van der Waals surface area contributed by atoms with Gasteiger partial charge in [-0.05, 0) is 44.8 Å². The molecule has 1 amide bonds. The van der Waals surface area contributed by atoms with E-state index in [9.17, 15) is 4.79 Å². The summed E-state index contributed by atoms with van der Waals surface area (Å²) in [6.07, 6.45) is 5.16. The van der Waals surface area contributed by atoms with Crippen molar-refractivity contribution in [1.29, 1.82) is 0 Å². The molecule has 0 atom stereocenters. The fourth-order valence-electron chi connectivity index (χ4n) is 2.14. The van der Waals surface area contributed by atoms with Gasteiger partial charge in [-0.25, -0.2) is 0 Å². The van der Waals surface area contributed by atoms with E-state index in [1.165, 1.54) is 6.92 Å². The van der Waals surface area contributed by atoms with Crippen molar-refractivity contribution < 1.29 is 14.1 Å². The lowest BCUT2D eigenvalue weighted by molar-refractivity contribution is -0.118. The number of hydrogen-bond acceptors (Lipinski definition) is 4. The van der Waals surface area contributed by atoms with Crippen LogP contribution in [0.3, 0.4) is 0 Å². The summed E-state index contributed by atoms with van der Waals surface area (Å²) in [4.78, 5) is 15.3. The first kappa shape index (κ1) is 18.0. The van der Waals surface area contributed by atoms with E-state index in [2.05, 4.69) is 10.3 Å². The molecule has 1 aromatic heterocycles. The number of rotatable bonds is 4. The molecule has 7 heteroatoms. The molecular formula is C16H22BClN2O3. The van der Waals surface area contributed by atoms with Crippen molar-refractivity contribution in [2.45, 2.75) is 45.8 Å². The molecule has 124 valence electrons. The van der Waals surface area contributed by atoms with Gasteiger partial charge in [0, 0.05) is 25.9 Å². The minimum Gasteiger partial charge on any atom is -0.400 e. The molecule has 0 radical (unpaired) electrons. The Morgan fingerprint density at radius 3 is 2.43 bits per heavy atom. The van der Waals surface area contributed by atoms with Gasteiger partial charge in [0.15, 0.2) is 0 Å². The topological polar surface area (TPSA) is 60.5 Å². The van der Waals surface area contributed by atoms with Crippen LogP contribution >= 0.6 is 11.6 Å². The van der Waals surface area contributed by atoms with Gasteiger partial charge in [0.25, 0.3) is 0 Å². The number of nitrogens with zero attached hydrogens (tertiary/aromatic N) is 1. The molecule has 1 N–H and O–H groups in total. The Morgan fingerprint density at radius 2 is 1.91 bits per heavy atom. The average Bonchev–Trinajstić information content (AvgIpc) is 2.63.